The molecule has 3 rings (SSSR count). The van der Waals surface area contributed by atoms with Gasteiger partial charge in [0.2, 0.25) is 5.91 Å². The molecule has 4 N–H and O–H groups in total. The number of amides is 4. The second-order valence-corrected chi connectivity index (χ2v) is 15.4. The van der Waals surface area contributed by atoms with E-state index in [1.54, 1.807) is 0 Å². The van der Waals surface area contributed by atoms with Gasteiger partial charge in [-0.1, -0.05) is 63.8 Å². The van der Waals surface area contributed by atoms with Crippen molar-refractivity contribution in [1.29, 1.82) is 0 Å². The molecule has 0 saturated carbocycles. The number of hydrogen-bond donors (Lipinski definition) is 4. The molecular weight excluding hydrogens is 642 g/mol. The Morgan fingerprint density at radius 1 is 0.979 bits per heavy atom. The van der Waals surface area contributed by atoms with E-state index in [1.807, 2.05) is 38.1 Å². The summed E-state index contributed by atoms with van der Waals surface area (Å²) in [5.41, 5.74) is 1.05. The summed E-state index contributed by atoms with van der Waals surface area (Å²) in [7, 11) is -3.80. The average molecular weight is 693 g/mol. The third-order valence-electron chi connectivity index (χ3n) is 8.48. The molecule has 1 saturated heterocycles. The Balaban J connectivity index is 1.83. The van der Waals surface area contributed by atoms with Crippen LogP contribution < -0.4 is 16.0 Å². The molecule has 13 heteroatoms. The third kappa shape index (κ3) is 11.9. The number of nitrogens with one attached hydrogen (secondary N) is 3. The van der Waals surface area contributed by atoms with Crippen molar-refractivity contribution < 1.29 is 36.7 Å². The molecule has 1 aliphatic rings. The first-order valence-corrected chi connectivity index (χ1v) is 18.5. The normalized spacial score (nSPS) is 16.4. The van der Waals surface area contributed by atoms with Crippen molar-refractivity contribution in [3.8, 4) is 0 Å². The van der Waals surface area contributed by atoms with Gasteiger partial charge < -0.3 is 21.1 Å². The van der Waals surface area contributed by atoms with Gasteiger partial charge in [-0.2, -0.15) is 0 Å². The van der Waals surface area contributed by atoms with Gasteiger partial charge in [0.05, 0.1) is 29.6 Å². The number of sulfone groups is 1. The quantitative estimate of drug-likeness (QED) is 0.121. The van der Waals surface area contributed by atoms with Gasteiger partial charge in [0.1, 0.15) is 17.2 Å². The van der Waals surface area contributed by atoms with Crippen molar-refractivity contribution in [2.45, 2.75) is 96.9 Å². The lowest BCUT2D eigenvalue weighted by molar-refractivity contribution is -0.132. The molecule has 48 heavy (non-hydrogen) atoms. The molecule has 1 aliphatic heterocycles. The summed E-state index contributed by atoms with van der Waals surface area (Å²) >= 11 is 0. The first-order chi connectivity index (χ1) is 22.6. The zero-order valence-electron chi connectivity index (χ0n) is 28.4. The molecular formula is C35H50F2N4O6S. The SMILES string of the molecule is CCCCCCCS(=O)(=O)CC(CN1C(=O)NC(C)(C)C1=O)C(=O)N[C@H](Cc1cc(F)cc(F)c1)[C@H](O)CNCc1cccc(CC)c1. The van der Waals surface area contributed by atoms with Gasteiger partial charge in [0, 0.05) is 25.7 Å². The van der Waals surface area contributed by atoms with Crippen molar-refractivity contribution in [3.05, 3.63) is 70.8 Å². The summed E-state index contributed by atoms with van der Waals surface area (Å²) in [5.74, 6) is -5.24. The Bertz CT molecular complexity index is 1500. The topological polar surface area (TPSA) is 145 Å². The third-order valence-corrected chi connectivity index (χ3v) is 10.3. The number of rotatable bonds is 20. The van der Waals surface area contributed by atoms with Gasteiger partial charge in [-0.3, -0.25) is 14.5 Å². The molecule has 2 aromatic carbocycles. The summed E-state index contributed by atoms with van der Waals surface area (Å²) in [4.78, 5) is 40.4. The summed E-state index contributed by atoms with van der Waals surface area (Å²) in [5, 5.41) is 19.6. The Morgan fingerprint density at radius 2 is 1.65 bits per heavy atom. The molecule has 0 spiro atoms. The van der Waals surface area contributed by atoms with Crippen LogP contribution in [0.2, 0.25) is 0 Å². The minimum Gasteiger partial charge on any atom is -0.390 e. The van der Waals surface area contributed by atoms with Crippen molar-refractivity contribution in [2.75, 3.05) is 24.6 Å². The van der Waals surface area contributed by atoms with Gasteiger partial charge >= 0.3 is 6.03 Å². The smallest absolute Gasteiger partial charge is 0.325 e. The number of aryl methyl sites for hydroxylation is 1. The zero-order valence-corrected chi connectivity index (χ0v) is 29.2. The molecule has 0 aliphatic carbocycles. The summed E-state index contributed by atoms with van der Waals surface area (Å²) in [6.45, 7) is 6.99. The first kappa shape index (κ1) is 39.0. The second kappa shape index (κ2) is 17.8. The number of carbonyl (C=O) groups excluding carboxylic acids is 3. The van der Waals surface area contributed by atoms with Crippen molar-refractivity contribution in [3.63, 3.8) is 0 Å². The highest BCUT2D eigenvalue weighted by Crippen LogP contribution is 2.20. The molecule has 0 radical (unpaired) electrons. The average Bonchev–Trinajstić information content (AvgIpc) is 3.20. The van der Waals surface area contributed by atoms with E-state index in [4.69, 9.17) is 0 Å². The van der Waals surface area contributed by atoms with Crippen LogP contribution in [-0.2, 0) is 38.8 Å². The fraction of sp³-hybridized carbons (Fsp3) is 0.571. The minimum atomic E-state index is -3.80. The number of carbonyl (C=O) groups is 3. The van der Waals surface area contributed by atoms with Crippen LogP contribution in [0.3, 0.4) is 0 Å². The number of imide groups is 1. The number of unbranched alkanes of at least 4 members (excludes halogenated alkanes) is 4. The zero-order chi connectivity index (χ0) is 35.5. The lowest BCUT2D eigenvalue weighted by Crippen LogP contribution is -2.53. The Labute approximate surface area is 283 Å². The van der Waals surface area contributed by atoms with E-state index in [0.29, 0.717) is 25.5 Å². The van der Waals surface area contributed by atoms with Crippen LogP contribution >= 0.6 is 0 Å². The van der Waals surface area contributed by atoms with Gasteiger partial charge in [-0.05, 0) is 61.9 Å². The van der Waals surface area contributed by atoms with Gasteiger partial charge in [-0.15, -0.1) is 0 Å². The van der Waals surface area contributed by atoms with E-state index in [2.05, 4.69) is 16.0 Å². The molecule has 1 heterocycles. The predicted molar refractivity (Wildman–Crippen MR) is 181 cm³/mol. The maximum atomic E-state index is 14.1. The number of hydrogen-bond acceptors (Lipinski definition) is 7. The molecule has 266 valence electrons. The van der Waals surface area contributed by atoms with Gasteiger partial charge in [0.25, 0.3) is 5.91 Å². The lowest BCUT2D eigenvalue weighted by atomic mass is 9.99. The monoisotopic (exact) mass is 692 g/mol. The van der Waals surface area contributed by atoms with E-state index in [-0.39, 0.29) is 24.3 Å². The van der Waals surface area contributed by atoms with Crippen LogP contribution in [0.25, 0.3) is 0 Å². The van der Waals surface area contributed by atoms with Crippen molar-refractivity contribution >= 4 is 27.7 Å². The van der Waals surface area contributed by atoms with Crippen LogP contribution in [-0.4, -0.2) is 78.5 Å². The summed E-state index contributed by atoms with van der Waals surface area (Å²) in [6.07, 6.45) is 3.38. The molecule has 1 fully saturated rings. The highest BCUT2D eigenvalue weighted by molar-refractivity contribution is 7.91. The lowest BCUT2D eigenvalue weighted by Gasteiger charge is -2.28. The number of aliphatic hydroxyl groups is 1. The largest absolute Gasteiger partial charge is 0.390 e. The molecule has 0 bridgehead atoms. The highest BCUT2D eigenvalue weighted by Gasteiger charge is 2.46. The first-order valence-electron chi connectivity index (χ1n) is 16.7. The van der Waals surface area contributed by atoms with Crippen LogP contribution in [0, 0.1) is 17.6 Å². The molecule has 0 aromatic heterocycles. The molecule has 4 amide bonds. The Kier molecular flexibility index (Phi) is 14.5. The fourth-order valence-electron chi connectivity index (χ4n) is 5.76. The second-order valence-electron chi connectivity index (χ2n) is 13.2. The van der Waals surface area contributed by atoms with E-state index < -0.39 is 75.2 Å². The number of nitrogens with zero attached hydrogens (tertiary/aromatic N) is 1. The molecule has 10 nitrogen and oxygen atoms in total. The predicted octanol–water partition coefficient (Wildman–Crippen LogP) is 4.04. The van der Waals surface area contributed by atoms with Gasteiger partial charge in [0.15, 0.2) is 9.84 Å². The van der Waals surface area contributed by atoms with Crippen molar-refractivity contribution in [1.82, 2.24) is 20.9 Å². The van der Waals surface area contributed by atoms with E-state index in [1.165, 1.54) is 13.8 Å². The summed E-state index contributed by atoms with van der Waals surface area (Å²) < 4.78 is 54.6. The number of aliphatic hydroxyl groups excluding tert-OH is 1. The number of urea groups is 1. The fourth-order valence-corrected chi connectivity index (χ4v) is 7.44. The van der Waals surface area contributed by atoms with Crippen LogP contribution in [0.1, 0.15) is 76.5 Å². The van der Waals surface area contributed by atoms with Crippen LogP contribution in [0.4, 0.5) is 13.6 Å². The maximum absolute atomic E-state index is 14.1. The number of benzene rings is 2. The maximum Gasteiger partial charge on any atom is 0.325 e. The van der Waals surface area contributed by atoms with Crippen molar-refractivity contribution in [2.24, 2.45) is 5.92 Å². The molecule has 2 aromatic rings. The van der Waals surface area contributed by atoms with Gasteiger partial charge in [-0.25, -0.2) is 22.0 Å². The highest BCUT2D eigenvalue weighted by atomic mass is 32.2. The Morgan fingerprint density at radius 3 is 2.27 bits per heavy atom. The molecule has 1 unspecified atom stereocenters. The molecule has 3 atom stereocenters. The van der Waals surface area contributed by atoms with E-state index >= 15 is 0 Å². The van der Waals surface area contributed by atoms with Crippen LogP contribution in [0.5, 0.6) is 0 Å². The van der Waals surface area contributed by atoms with E-state index in [9.17, 15) is 36.7 Å². The summed E-state index contributed by atoms with van der Waals surface area (Å²) in [6, 6.07) is 8.94. The van der Waals surface area contributed by atoms with E-state index in [0.717, 1.165) is 53.8 Å². The number of halogens is 2. The van der Waals surface area contributed by atoms with Crippen LogP contribution in [0.15, 0.2) is 42.5 Å². The minimum absolute atomic E-state index is 0.0129. The standard InChI is InChI=1S/C35H50F2N4O6S/c1-5-7-8-9-10-14-48(46,47)23-27(22-41-33(44)35(3,4)40-34(41)45)32(43)39-30(18-26-16-28(36)19-29(37)17-26)31(42)21-38-20-25-13-11-12-24(6-2)15-25/h11-13,15-17,19,27,30-31,38,42H,5-10,14,18,20-23H2,1-4H3,(H,39,43)(H,40,45)/t27?,30-,31-/m1/s1. The Hall–Kier alpha value is -3.42.